The number of hydrogen-bond acceptors (Lipinski definition) is 4. The molecule has 3 amide bonds. The third-order valence-electron chi connectivity index (χ3n) is 5.57. The van der Waals surface area contributed by atoms with E-state index in [0.717, 1.165) is 16.6 Å². The lowest BCUT2D eigenvalue weighted by Crippen LogP contribution is -2.57. The molecule has 1 aromatic heterocycles. The molecule has 2 aromatic rings. The SMILES string of the molecule is CC(C)CN1C(=O)NC(=O)C12CCN(c1ccnc3cc(Cl)ccc13)CC2. The highest BCUT2D eigenvalue weighted by molar-refractivity contribution is 6.31. The van der Waals surface area contributed by atoms with Crippen LogP contribution in [0.1, 0.15) is 26.7 Å². The highest BCUT2D eigenvalue weighted by Gasteiger charge is 2.53. The molecule has 0 unspecified atom stereocenters. The first kappa shape index (κ1) is 18.0. The van der Waals surface area contributed by atoms with E-state index >= 15 is 0 Å². The van der Waals surface area contributed by atoms with E-state index in [-0.39, 0.29) is 11.9 Å². The third-order valence-corrected chi connectivity index (χ3v) is 5.80. The van der Waals surface area contributed by atoms with Gasteiger partial charge in [-0.05, 0) is 43.0 Å². The highest BCUT2D eigenvalue weighted by atomic mass is 35.5. The first-order chi connectivity index (χ1) is 12.9. The zero-order valence-corrected chi connectivity index (χ0v) is 16.3. The summed E-state index contributed by atoms with van der Waals surface area (Å²) in [5, 5.41) is 4.24. The molecule has 7 heteroatoms. The van der Waals surface area contributed by atoms with Crippen molar-refractivity contribution in [2.75, 3.05) is 24.5 Å². The summed E-state index contributed by atoms with van der Waals surface area (Å²) in [6, 6.07) is 7.46. The molecule has 2 fully saturated rings. The molecule has 0 atom stereocenters. The number of rotatable bonds is 3. The number of anilines is 1. The van der Waals surface area contributed by atoms with Gasteiger partial charge in [-0.2, -0.15) is 0 Å². The zero-order valence-electron chi connectivity index (χ0n) is 15.5. The number of pyridine rings is 1. The summed E-state index contributed by atoms with van der Waals surface area (Å²) in [6.45, 7) is 6.13. The lowest BCUT2D eigenvalue weighted by atomic mass is 9.85. The molecule has 0 aliphatic carbocycles. The minimum absolute atomic E-state index is 0.154. The summed E-state index contributed by atoms with van der Waals surface area (Å²) in [7, 11) is 0. The Morgan fingerprint density at radius 3 is 2.67 bits per heavy atom. The number of nitrogens with zero attached hydrogens (tertiary/aromatic N) is 3. The van der Waals surface area contributed by atoms with Crippen LogP contribution in [0.4, 0.5) is 10.5 Å². The predicted octanol–water partition coefficient (Wildman–Crippen LogP) is 3.44. The normalized spacial score (nSPS) is 19.4. The maximum absolute atomic E-state index is 12.6. The van der Waals surface area contributed by atoms with Crippen LogP contribution in [0.2, 0.25) is 5.02 Å². The van der Waals surface area contributed by atoms with Gasteiger partial charge in [0.2, 0.25) is 0 Å². The van der Waals surface area contributed by atoms with Crippen molar-refractivity contribution < 1.29 is 9.59 Å². The molecule has 1 aromatic carbocycles. The summed E-state index contributed by atoms with van der Waals surface area (Å²) in [5.41, 5.74) is 1.23. The predicted molar refractivity (Wildman–Crippen MR) is 106 cm³/mol. The summed E-state index contributed by atoms with van der Waals surface area (Å²) >= 11 is 6.09. The molecule has 0 bridgehead atoms. The number of aromatic nitrogens is 1. The molecule has 6 nitrogen and oxygen atoms in total. The Morgan fingerprint density at radius 2 is 1.96 bits per heavy atom. The van der Waals surface area contributed by atoms with Crippen LogP contribution in [-0.4, -0.2) is 47.0 Å². The van der Waals surface area contributed by atoms with Gasteiger partial charge < -0.3 is 9.80 Å². The number of benzene rings is 1. The molecule has 3 heterocycles. The van der Waals surface area contributed by atoms with Crippen molar-refractivity contribution in [3.63, 3.8) is 0 Å². The smallest absolute Gasteiger partial charge is 0.325 e. The number of imide groups is 1. The molecule has 2 aliphatic rings. The van der Waals surface area contributed by atoms with Gasteiger partial charge in [0.25, 0.3) is 5.91 Å². The van der Waals surface area contributed by atoms with Crippen molar-refractivity contribution in [1.82, 2.24) is 15.2 Å². The highest BCUT2D eigenvalue weighted by Crippen LogP contribution is 2.37. The van der Waals surface area contributed by atoms with Gasteiger partial charge in [-0.3, -0.25) is 15.1 Å². The molecule has 1 N–H and O–H groups in total. The molecular formula is C20H23ClN4O2. The molecule has 2 saturated heterocycles. The average Bonchev–Trinajstić information content (AvgIpc) is 2.85. The summed E-state index contributed by atoms with van der Waals surface area (Å²) < 4.78 is 0. The van der Waals surface area contributed by atoms with Gasteiger partial charge in [0.1, 0.15) is 5.54 Å². The van der Waals surface area contributed by atoms with Crippen LogP contribution in [0.3, 0.4) is 0 Å². The second-order valence-electron chi connectivity index (χ2n) is 7.77. The third kappa shape index (κ3) is 3.02. The lowest BCUT2D eigenvalue weighted by Gasteiger charge is -2.43. The second kappa shape index (κ2) is 6.68. The van der Waals surface area contributed by atoms with Crippen LogP contribution in [0.25, 0.3) is 10.9 Å². The van der Waals surface area contributed by atoms with Gasteiger partial charge in [0, 0.05) is 41.9 Å². The monoisotopic (exact) mass is 386 g/mol. The van der Waals surface area contributed by atoms with E-state index in [1.165, 1.54) is 0 Å². The molecular weight excluding hydrogens is 364 g/mol. The molecule has 2 aliphatic heterocycles. The molecule has 1 spiro atoms. The molecule has 0 radical (unpaired) electrons. The van der Waals surface area contributed by atoms with Gasteiger partial charge in [0.05, 0.1) is 5.52 Å². The van der Waals surface area contributed by atoms with Crippen molar-refractivity contribution in [2.24, 2.45) is 5.92 Å². The summed E-state index contributed by atoms with van der Waals surface area (Å²) in [5.74, 6) is 0.157. The van der Waals surface area contributed by atoms with Crippen molar-refractivity contribution in [3.8, 4) is 0 Å². The number of nitrogens with one attached hydrogen (secondary N) is 1. The van der Waals surface area contributed by atoms with Crippen molar-refractivity contribution in [2.45, 2.75) is 32.2 Å². The van der Waals surface area contributed by atoms with Gasteiger partial charge in [-0.25, -0.2) is 4.79 Å². The fourth-order valence-electron chi connectivity index (χ4n) is 4.22. The molecule has 27 heavy (non-hydrogen) atoms. The quantitative estimate of drug-likeness (QED) is 0.821. The maximum Gasteiger partial charge on any atom is 0.325 e. The fourth-order valence-corrected chi connectivity index (χ4v) is 4.38. The topological polar surface area (TPSA) is 65.5 Å². The largest absolute Gasteiger partial charge is 0.371 e. The molecule has 4 rings (SSSR count). The summed E-state index contributed by atoms with van der Waals surface area (Å²) in [6.07, 6.45) is 3.03. The van der Waals surface area contributed by atoms with E-state index < -0.39 is 5.54 Å². The van der Waals surface area contributed by atoms with Crippen LogP contribution in [0, 0.1) is 5.92 Å². The lowest BCUT2D eigenvalue weighted by molar-refractivity contribution is -0.127. The van der Waals surface area contributed by atoms with E-state index in [2.05, 4.69) is 29.0 Å². The number of halogens is 1. The minimum Gasteiger partial charge on any atom is -0.371 e. The fraction of sp³-hybridized carbons (Fsp3) is 0.450. The van der Waals surface area contributed by atoms with Crippen LogP contribution in [-0.2, 0) is 4.79 Å². The maximum atomic E-state index is 12.6. The van der Waals surface area contributed by atoms with E-state index in [0.29, 0.717) is 43.4 Å². The Morgan fingerprint density at radius 1 is 1.22 bits per heavy atom. The number of amides is 3. The minimum atomic E-state index is -0.718. The van der Waals surface area contributed by atoms with E-state index in [1.54, 1.807) is 11.1 Å². The standard InChI is InChI=1S/C20H23ClN4O2/c1-13(2)12-25-19(27)23-18(26)20(25)6-9-24(10-7-20)17-5-8-22-16-11-14(21)3-4-15(16)17/h3-5,8,11,13H,6-7,9-10,12H2,1-2H3,(H,23,26,27). The Bertz CT molecular complexity index is 906. The number of piperidine rings is 1. The van der Waals surface area contributed by atoms with Gasteiger partial charge in [-0.1, -0.05) is 25.4 Å². The van der Waals surface area contributed by atoms with Crippen LogP contribution >= 0.6 is 11.6 Å². The first-order valence-electron chi connectivity index (χ1n) is 9.33. The van der Waals surface area contributed by atoms with Gasteiger partial charge in [-0.15, -0.1) is 0 Å². The summed E-state index contributed by atoms with van der Waals surface area (Å²) in [4.78, 5) is 33.4. The van der Waals surface area contributed by atoms with Crippen molar-refractivity contribution >= 4 is 40.1 Å². The average molecular weight is 387 g/mol. The Balaban J connectivity index is 1.60. The van der Waals surface area contributed by atoms with Gasteiger partial charge in [0.15, 0.2) is 0 Å². The molecule has 0 saturated carbocycles. The number of carbonyl (C=O) groups is 2. The number of urea groups is 1. The Hall–Kier alpha value is -2.34. The number of carbonyl (C=O) groups excluding carboxylic acids is 2. The van der Waals surface area contributed by atoms with Crippen molar-refractivity contribution in [1.29, 1.82) is 0 Å². The van der Waals surface area contributed by atoms with Gasteiger partial charge >= 0.3 is 6.03 Å². The van der Waals surface area contributed by atoms with E-state index in [1.807, 2.05) is 24.3 Å². The first-order valence-corrected chi connectivity index (χ1v) is 9.71. The number of fused-ring (bicyclic) bond motifs is 1. The zero-order chi connectivity index (χ0) is 19.2. The second-order valence-corrected chi connectivity index (χ2v) is 8.21. The van der Waals surface area contributed by atoms with Crippen LogP contribution in [0.5, 0.6) is 0 Å². The number of hydrogen-bond donors (Lipinski definition) is 1. The Labute approximate surface area is 163 Å². The Kier molecular flexibility index (Phi) is 4.46. The van der Waals surface area contributed by atoms with Crippen LogP contribution in [0.15, 0.2) is 30.5 Å². The molecule has 142 valence electrons. The van der Waals surface area contributed by atoms with E-state index in [9.17, 15) is 9.59 Å². The van der Waals surface area contributed by atoms with E-state index in [4.69, 9.17) is 11.6 Å². The van der Waals surface area contributed by atoms with Crippen molar-refractivity contribution in [3.05, 3.63) is 35.5 Å². The van der Waals surface area contributed by atoms with Crippen LogP contribution < -0.4 is 10.2 Å².